The van der Waals surface area contributed by atoms with Gasteiger partial charge in [-0.05, 0) is 42.0 Å². The summed E-state index contributed by atoms with van der Waals surface area (Å²) in [5.74, 6) is 0.724. The van der Waals surface area contributed by atoms with Crippen molar-refractivity contribution in [2.45, 2.75) is 18.5 Å². The fourth-order valence-corrected chi connectivity index (χ4v) is 5.35. The molecule has 2 heterocycles. The molecule has 1 saturated heterocycles. The van der Waals surface area contributed by atoms with Crippen LogP contribution < -0.4 is 26.2 Å². The molecule has 10 heteroatoms. The zero-order valence-corrected chi connectivity index (χ0v) is 22.1. The molecule has 9 nitrogen and oxygen atoms in total. The molecular weight excluding hydrogens is 528 g/mol. The monoisotopic (exact) mass is 550 g/mol. The number of carbonyl (C=O) groups excluding carboxylic acids is 2. The number of anilines is 1. The number of allylic oxidation sites excluding steroid dienone is 1. The van der Waals surface area contributed by atoms with Gasteiger partial charge in [-0.3, -0.25) is 20.0 Å². The van der Waals surface area contributed by atoms with Gasteiger partial charge in [-0.25, -0.2) is 4.99 Å². The highest BCUT2D eigenvalue weighted by molar-refractivity contribution is 6.30. The van der Waals surface area contributed by atoms with E-state index in [1.807, 2.05) is 41.4 Å². The summed E-state index contributed by atoms with van der Waals surface area (Å²) in [6.07, 6.45) is 0.454. The first kappa shape index (κ1) is 25.2. The van der Waals surface area contributed by atoms with Crippen molar-refractivity contribution in [2.75, 3.05) is 12.1 Å². The molecule has 2 aliphatic heterocycles. The van der Waals surface area contributed by atoms with Gasteiger partial charge in [-0.1, -0.05) is 48.0 Å². The Hall–Kier alpha value is -5.07. The van der Waals surface area contributed by atoms with Crippen molar-refractivity contribution in [3.05, 3.63) is 117 Å². The molecule has 6 rings (SSSR count). The molecule has 0 saturated carbocycles. The Morgan fingerprint density at radius 2 is 1.75 bits per heavy atom. The van der Waals surface area contributed by atoms with Gasteiger partial charge in [0.25, 0.3) is 0 Å². The summed E-state index contributed by atoms with van der Waals surface area (Å²) in [7, 11) is 1.61. The van der Waals surface area contributed by atoms with Crippen molar-refractivity contribution in [1.29, 1.82) is 5.26 Å². The Kier molecular flexibility index (Phi) is 6.25. The minimum absolute atomic E-state index is 0.00650. The lowest BCUT2D eigenvalue weighted by atomic mass is 9.79. The second kappa shape index (κ2) is 9.91. The Morgan fingerprint density at radius 3 is 2.42 bits per heavy atom. The molecule has 198 valence electrons. The highest BCUT2D eigenvalue weighted by Crippen LogP contribution is 2.36. The predicted molar refractivity (Wildman–Crippen MR) is 151 cm³/mol. The second-order valence-corrected chi connectivity index (χ2v) is 9.93. The van der Waals surface area contributed by atoms with Crippen molar-refractivity contribution in [3.63, 3.8) is 0 Å². The van der Waals surface area contributed by atoms with Crippen LogP contribution in [0.4, 0.5) is 5.69 Å². The number of fused-ring (bicyclic) bond motifs is 2. The molecule has 0 bridgehead atoms. The highest BCUT2D eigenvalue weighted by Gasteiger charge is 2.43. The molecule has 0 spiro atoms. The van der Waals surface area contributed by atoms with E-state index in [4.69, 9.17) is 27.1 Å². The van der Waals surface area contributed by atoms with Crippen LogP contribution in [0.1, 0.15) is 38.7 Å². The number of dihydropyridines is 1. The number of hydrazine groups is 1. The molecule has 2 atom stereocenters. The van der Waals surface area contributed by atoms with E-state index in [2.05, 4.69) is 16.8 Å². The molecule has 0 radical (unpaired) electrons. The van der Waals surface area contributed by atoms with Gasteiger partial charge in [-0.15, -0.1) is 0 Å². The third-order valence-corrected chi connectivity index (χ3v) is 7.47. The smallest absolute Gasteiger partial charge is 0.194 e. The van der Waals surface area contributed by atoms with Crippen molar-refractivity contribution >= 4 is 34.7 Å². The SMILES string of the molecule is COc1ccc(C2C/C(=N\C3=C(C#N)C(N)=C4C(=O)c5ccccc5C(=O)C4N3)NN2c2ccc(Cl)cc2)cc1. The summed E-state index contributed by atoms with van der Waals surface area (Å²) in [4.78, 5) is 31.4. The second-order valence-electron chi connectivity index (χ2n) is 9.49. The molecule has 1 fully saturated rings. The standard InChI is InChI=1S/C30H23ClN6O3/c1-40-19-12-6-16(7-13-19)23-14-24(36-37(23)18-10-8-17(31)9-11-18)34-30-22(15-32)26(33)25-27(35-30)29(39)21-5-3-2-4-20(21)28(25)38/h2-13,23,27,35H,14,33H2,1H3,(H,34,36). The van der Waals surface area contributed by atoms with E-state index in [1.54, 1.807) is 43.5 Å². The van der Waals surface area contributed by atoms with Crippen LogP contribution in [0.15, 0.2) is 100 Å². The summed E-state index contributed by atoms with van der Waals surface area (Å²) in [6.45, 7) is 0. The topological polar surface area (TPSA) is 133 Å². The van der Waals surface area contributed by atoms with Gasteiger partial charge in [0.2, 0.25) is 0 Å². The molecule has 0 amide bonds. The van der Waals surface area contributed by atoms with Gasteiger partial charge in [0.1, 0.15) is 35.1 Å². The van der Waals surface area contributed by atoms with Crippen LogP contribution in [0.2, 0.25) is 5.02 Å². The lowest BCUT2D eigenvalue weighted by Crippen LogP contribution is -2.48. The predicted octanol–water partition coefficient (Wildman–Crippen LogP) is 4.20. The summed E-state index contributed by atoms with van der Waals surface area (Å²) in [6, 6.07) is 22.6. The van der Waals surface area contributed by atoms with Crippen molar-refractivity contribution in [3.8, 4) is 11.8 Å². The Balaban J connectivity index is 1.40. The number of halogens is 1. The van der Waals surface area contributed by atoms with E-state index < -0.39 is 6.04 Å². The van der Waals surface area contributed by atoms with Crippen LogP contribution in [0, 0.1) is 11.3 Å². The van der Waals surface area contributed by atoms with Gasteiger partial charge in [0.15, 0.2) is 11.6 Å². The van der Waals surface area contributed by atoms with Crippen LogP contribution in [0.5, 0.6) is 5.75 Å². The van der Waals surface area contributed by atoms with Crippen LogP contribution in [0.3, 0.4) is 0 Å². The van der Waals surface area contributed by atoms with Gasteiger partial charge in [0.05, 0.1) is 30.1 Å². The van der Waals surface area contributed by atoms with Crippen molar-refractivity contribution in [2.24, 2.45) is 10.7 Å². The molecule has 40 heavy (non-hydrogen) atoms. The third kappa shape index (κ3) is 4.15. The van der Waals surface area contributed by atoms with Crippen molar-refractivity contribution < 1.29 is 14.3 Å². The van der Waals surface area contributed by atoms with E-state index in [0.29, 0.717) is 22.8 Å². The minimum Gasteiger partial charge on any atom is -0.497 e. The maximum atomic E-state index is 13.4. The van der Waals surface area contributed by atoms with Gasteiger partial charge in [-0.2, -0.15) is 5.26 Å². The highest BCUT2D eigenvalue weighted by atomic mass is 35.5. The number of Topliss-reactive ketones (excluding diaryl/α,β-unsaturated/α-hetero) is 2. The summed E-state index contributed by atoms with van der Waals surface area (Å²) in [5.41, 5.74) is 12.2. The summed E-state index contributed by atoms with van der Waals surface area (Å²) < 4.78 is 5.31. The van der Waals surface area contributed by atoms with E-state index in [0.717, 1.165) is 17.0 Å². The Morgan fingerprint density at radius 1 is 1.05 bits per heavy atom. The number of carbonyl (C=O) groups is 2. The number of nitrogens with one attached hydrogen (secondary N) is 2. The number of nitriles is 1. The maximum absolute atomic E-state index is 13.4. The van der Waals surface area contributed by atoms with E-state index in [-0.39, 0.29) is 45.8 Å². The van der Waals surface area contributed by atoms with E-state index in [9.17, 15) is 14.9 Å². The largest absolute Gasteiger partial charge is 0.497 e. The third-order valence-electron chi connectivity index (χ3n) is 7.22. The number of nitrogens with two attached hydrogens (primary N) is 1. The quantitative estimate of drug-likeness (QED) is 0.440. The lowest BCUT2D eigenvalue weighted by molar-refractivity contribution is 0.0903. The van der Waals surface area contributed by atoms with Crippen molar-refractivity contribution in [1.82, 2.24) is 10.7 Å². The first-order chi connectivity index (χ1) is 19.4. The summed E-state index contributed by atoms with van der Waals surface area (Å²) >= 11 is 6.13. The molecule has 2 unspecified atom stereocenters. The number of hydrogen-bond donors (Lipinski definition) is 3. The molecule has 3 aliphatic rings. The van der Waals surface area contributed by atoms with E-state index >= 15 is 0 Å². The number of methoxy groups -OCH3 is 1. The van der Waals surface area contributed by atoms with E-state index in [1.165, 1.54) is 0 Å². The minimum atomic E-state index is -1.04. The van der Waals surface area contributed by atoms with Crippen LogP contribution >= 0.6 is 11.6 Å². The summed E-state index contributed by atoms with van der Waals surface area (Å²) in [5, 5.41) is 15.6. The molecule has 4 N–H and O–H groups in total. The number of hydrogen-bond acceptors (Lipinski definition) is 8. The lowest BCUT2D eigenvalue weighted by Gasteiger charge is -2.31. The number of ketones is 2. The number of rotatable bonds is 4. The number of amidine groups is 1. The number of ether oxygens (including phenoxy) is 1. The van der Waals surface area contributed by atoms with Crippen LogP contribution in [-0.4, -0.2) is 30.6 Å². The number of aliphatic imine (C=N–C) groups is 1. The first-order valence-corrected chi connectivity index (χ1v) is 12.9. The zero-order chi connectivity index (χ0) is 28.0. The average Bonchev–Trinajstić information content (AvgIpc) is 3.40. The maximum Gasteiger partial charge on any atom is 0.194 e. The molecule has 1 aliphatic carbocycles. The van der Waals surface area contributed by atoms with Gasteiger partial charge < -0.3 is 15.8 Å². The first-order valence-electron chi connectivity index (χ1n) is 12.5. The van der Waals surface area contributed by atoms with Gasteiger partial charge >= 0.3 is 0 Å². The van der Waals surface area contributed by atoms with Crippen LogP contribution in [0.25, 0.3) is 0 Å². The normalized spacial score (nSPS) is 21.0. The molecular formula is C30H23ClN6O3. The van der Waals surface area contributed by atoms with Gasteiger partial charge in [0, 0.05) is 22.6 Å². The Labute approximate surface area is 235 Å². The number of benzene rings is 3. The van der Waals surface area contributed by atoms with Crippen LogP contribution in [-0.2, 0) is 0 Å². The zero-order valence-electron chi connectivity index (χ0n) is 21.3. The molecule has 3 aromatic rings. The fourth-order valence-electron chi connectivity index (χ4n) is 5.23. The molecule has 3 aromatic carbocycles. The molecule has 0 aromatic heterocycles. The number of nitrogens with zero attached hydrogens (tertiary/aromatic N) is 3. The Bertz CT molecular complexity index is 1690. The fraction of sp³-hybridized carbons (Fsp3) is 0.133. The average molecular weight is 551 g/mol.